The van der Waals surface area contributed by atoms with Crippen LogP contribution in [-0.2, 0) is 4.79 Å². The van der Waals surface area contributed by atoms with Crippen LogP contribution in [0, 0.1) is 0 Å². The van der Waals surface area contributed by atoms with Gasteiger partial charge in [-0.15, -0.1) is 0 Å². The smallest absolute Gasteiger partial charge is 0.320 e. The molecule has 1 saturated heterocycles. The van der Waals surface area contributed by atoms with Gasteiger partial charge in [0.15, 0.2) is 0 Å². The average Bonchev–Trinajstić information content (AvgIpc) is 2.46. The van der Waals surface area contributed by atoms with Gasteiger partial charge in [0.1, 0.15) is 0 Å². The number of likely N-dealkylation sites (N-methyl/N-ethyl adjacent to an activating group) is 1. The summed E-state index contributed by atoms with van der Waals surface area (Å²) in [5.41, 5.74) is 0. The first kappa shape index (κ1) is 15.8. The maximum absolute atomic E-state index is 12.1. The first-order chi connectivity index (χ1) is 9.13. The Kier molecular flexibility index (Phi) is 6.62. The van der Waals surface area contributed by atoms with Crippen LogP contribution < -0.4 is 5.32 Å². The summed E-state index contributed by atoms with van der Waals surface area (Å²) >= 11 is 0. The quantitative estimate of drug-likeness (QED) is 0.776. The fourth-order valence-electron chi connectivity index (χ4n) is 2.19. The predicted molar refractivity (Wildman–Crippen MR) is 75.0 cm³/mol. The zero-order valence-corrected chi connectivity index (χ0v) is 12.3. The van der Waals surface area contributed by atoms with Gasteiger partial charge in [-0.2, -0.15) is 0 Å². The molecule has 0 aromatic rings. The number of amides is 3. The Labute approximate surface area is 115 Å². The van der Waals surface area contributed by atoms with Crippen LogP contribution in [0.4, 0.5) is 4.79 Å². The zero-order valence-electron chi connectivity index (χ0n) is 12.3. The molecule has 0 saturated carbocycles. The molecule has 0 aliphatic carbocycles. The summed E-state index contributed by atoms with van der Waals surface area (Å²) in [5.74, 6) is 0.122. The molecule has 1 aliphatic rings. The summed E-state index contributed by atoms with van der Waals surface area (Å²) < 4.78 is 0. The number of urea groups is 1. The Morgan fingerprint density at radius 3 is 2.00 bits per heavy atom. The van der Waals surface area contributed by atoms with E-state index in [1.807, 2.05) is 35.5 Å². The third-order valence-electron chi connectivity index (χ3n) is 3.46. The number of hydrogen-bond donors (Lipinski definition) is 1. The highest BCUT2D eigenvalue weighted by molar-refractivity contribution is 5.79. The summed E-state index contributed by atoms with van der Waals surface area (Å²) in [5, 5.41) is 3.04. The Morgan fingerprint density at radius 2 is 1.53 bits per heavy atom. The summed E-state index contributed by atoms with van der Waals surface area (Å²) in [6.07, 6.45) is 0. The summed E-state index contributed by atoms with van der Waals surface area (Å²) in [4.78, 5) is 29.5. The lowest BCUT2D eigenvalue weighted by atomic mass is 10.3. The minimum Gasteiger partial charge on any atom is -0.338 e. The second-order valence-corrected chi connectivity index (χ2v) is 4.60. The maximum Gasteiger partial charge on any atom is 0.320 e. The van der Waals surface area contributed by atoms with Crippen LogP contribution in [0.1, 0.15) is 20.8 Å². The topological polar surface area (TPSA) is 55.9 Å². The zero-order chi connectivity index (χ0) is 14.3. The van der Waals surface area contributed by atoms with Crippen LogP contribution in [0.3, 0.4) is 0 Å². The molecule has 0 spiro atoms. The normalized spacial score (nSPS) is 15.5. The largest absolute Gasteiger partial charge is 0.338 e. The van der Waals surface area contributed by atoms with Crippen molar-refractivity contribution in [1.29, 1.82) is 0 Å². The molecule has 19 heavy (non-hydrogen) atoms. The summed E-state index contributed by atoms with van der Waals surface area (Å²) in [7, 11) is 0. The monoisotopic (exact) mass is 270 g/mol. The minimum atomic E-state index is 0.0868. The first-order valence-electron chi connectivity index (χ1n) is 7.16. The van der Waals surface area contributed by atoms with Crippen LogP contribution in [-0.4, -0.2) is 79.0 Å². The van der Waals surface area contributed by atoms with E-state index in [1.165, 1.54) is 0 Å². The molecule has 0 atom stereocenters. The SMILES string of the molecule is CCNCC(=O)N1CCN(C(=O)N(CC)CC)CC1. The van der Waals surface area contributed by atoms with Crippen molar-refractivity contribution in [3.8, 4) is 0 Å². The number of carbonyl (C=O) groups excluding carboxylic acids is 2. The molecule has 1 heterocycles. The lowest BCUT2D eigenvalue weighted by molar-refractivity contribution is -0.131. The standard InChI is InChI=1S/C13H26N4O2/c1-4-14-11-12(18)16-7-9-17(10-8-16)13(19)15(5-2)6-3/h14H,4-11H2,1-3H3. The van der Waals surface area contributed by atoms with Crippen molar-refractivity contribution >= 4 is 11.9 Å². The van der Waals surface area contributed by atoms with E-state index in [4.69, 9.17) is 0 Å². The third-order valence-corrected chi connectivity index (χ3v) is 3.46. The Bertz CT molecular complexity index is 297. The third kappa shape index (κ3) is 4.38. The van der Waals surface area contributed by atoms with E-state index in [2.05, 4.69) is 5.32 Å². The fourth-order valence-corrected chi connectivity index (χ4v) is 2.19. The van der Waals surface area contributed by atoms with Crippen molar-refractivity contribution in [2.45, 2.75) is 20.8 Å². The number of hydrogen-bond acceptors (Lipinski definition) is 3. The van der Waals surface area contributed by atoms with E-state index >= 15 is 0 Å². The molecule has 1 fully saturated rings. The number of rotatable bonds is 5. The second-order valence-electron chi connectivity index (χ2n) is 4.60. The number of nitrogens with one attached hydrogen (secondary N) is 1. The molecule has 0 aromatic heterocycles. The molecule has 6 nitrogen and oxygen atoms in total. The van der Waals surface area contributed by atoms with Crippen molar-refractivity contribution < 1.29 is 9.59 Å². The minimum absolute atomic E-state index is 0.0868. The highest BCUT2D eigenvalue weighted by atomic mass is 16.2. The summed E-state index contributed by atoms with van der Waals surface area (Å²) in [6.45, 7) is 11.1. The van der Waals surface area contributed by atoms with Gasteiger partial charge in [-0.25, -0.2) is 4.79 Å². The lowest BCUT2D eigenvalue weighted by Crippen LogP contribution is -2.55. The van der Waals surface area contributed by atoms with Crippen molar-refractivity contribution in [3.05, 3.63) is 0 Å². The van der Waals surface area contributed by atoms with Crippen molar-refractivity contribution in [2.24, 2.45) is 0 Å². The predicted octanol–water partition coefficient (Wildman–Crippen LogP) is 0.202. The highest BCUT2D eigenvalue weighted by Crippen LogP contribution is 2.06. The van der Waals surface area contributed by atoms with Crippen molar-refractivity contribution in [2.75, 3.05) is 52.4 Å². The molecule has 1 N–H and O–H groups in total. The van der Waals surface area contributed by atoms with Gasteiger partial charge in [0.25, 0.3) is 0 Å². The molecule has 0 radical (unpaired) electrons. The van der Waals surface area contributed by atoms with E-state index in [0.717, 1.165) is 19.6 Å². The van der Waals surface area contributed by atoms with Crippen LogP contribution in [0.2, 0.25) is 0 Å². The van der Waals surface area contributed by atoms with E-state index in [-0.39, 0.29) is 11.9 Å². The van der Waals surface area contributed by atoms with Crippen LogP contribution in [0.5, 0.6) is 0 Å². The lowest BCUT2D eigenvalue weighted by Gasteiger charge is -2.37. The first-order valence-corrected chi connectivity index (χ1v) is 7.16. The molecular formula is C13H26N4O2. The second kappa shape index (κ2) is 7.99. The molecular weight excluding hydrogens is 244 g/mol. The maximum atomic E-state index is 12.1. The molecule has 1 rings (SSSR count). The van der Waals surface area contributed by atoms with Gasteiger partial charge in [0.05, 0.1) is 6.54 Å². The van der Waals surface area contributed by atoms with E-state index in [9.17, 15) is 9.59 Å². The van der Waals surface area contributed by atoms with Crippen LogP contribution in [0.15, 0.2) is 0 Å². The highest BCUT2D eigenvalue weighted by Gasteiger charge is 2.25. The van der Waals surface area contributed by atoms with E-state index in [1.54, 1.807) is 0 Å². The number of carbonyl (C=O) groups is 2. The summed E-state index contributed by atoms with van der Waals surface area (Å²) in [6, 6.07) is 0.0868. The van der Waals surface area contributed by atoms with Gasteiger partial charge < -0.3 is 20.0 Å². The molecule has 0 aromatic carbocycles. The van der Waals surface area contributed by atoms with E-state index < -0.39 is 0 Å². The Morgan fingerprint density at radius 1 is 1.00 bits per heavy atom. The Balaban J connectivity index is 2.40. The average molecular weight is 270 g/mol. The van der Waals surface area contributed by atoms with Gasteiger partial charge in [-0.05, 0) is 20.4 Å². The van der Waals surface area contributed by atoms with Crippen molar-refractivity contribution in [1.82, 2.24) is 20.0 Å². The van der Waals surface area contributed by atoms with Gasteiger partial charge in [-0.1, -0.05) is 6.92 Å². The molecule has 3 amide bonds. The van der Waals surface area contributed by atoms with E-state index in [0.29, 0.717) is 32.7 Å². The van der Waals surface area contributed by atoms with Gasteiger partial charge in [-0.3, -0.25) is 4.79 Å². The van der Waals surface area contributed by atoms with Crippen molar-refractivity contribution in [3.63, 3.8) is 0 Å². The number of piperazine rings is 1. The molecule has 0 unspecified atom stereocenters. The molecule has 6 heteroatoms. The van der Waals surface area contributed by atoms with Crippen LogP contribution in [0.25, 0.3) is 0 Å². The molecule has 1 aliphatic heterocycles. The van der Waals surface area contributed by atoms with Gasteiger partial charge in [0.2, 0.25) is 5.91 Å². The van der Waals surface area contributed by atoms with Gasteiger partial charge >= 0.3 is 6.03 Å². The number of nitrogens with zero attached hydrogens (tertiary/aromatic N) is 3. The fraction of sp³-hybridized carbons (Fsp3) is 0.846. The molecule has 0 bridgehead atoms. The molecule has 110 valence electrons. The van der Waals surface area contributed by atoms with Gasteiger partial charge in [0, 0.05) is 39.3 Å². The van der Waals surface area contributed by atoms with Crippen LogP contribution >= 0.6 is 0 Å². The Hall–Kier alpha value is -1.30.